The molecule has 0 aliphatic carbocycles. The molecule has 0 radical (unpaired) electrons. The summed E-state index contributed by atoms with van der Waals surface area (Å²) in [6.45, 7) is 4.72. The lowest BCUT2D eigenvalue weighted by Gasteiger charge is -2.18. The van der Waals surface area contributed by atoms with Gasteiger partial charge in [0.15, 0.2) is 0 Å². The predicted octanol–water partition coefficient (Wildman–Crippen LogP) is 4.12. The van der Waals surface area contributed by atoms with E-state index in [0.29, 0.717) is 12.0 Å². The molecule has 6 heteroatoms. The van der Waals surface area contributed by atoms with Crippen molar-refractivity contribution < 1.29 is 14.3 Å². The summed E-state index contributed by atoms with van der Waals surface area (Å²) >= 11 is 1.70. The van der Waals surface area contributed by atoms with Gasteiger partial charge in [-0.3, -0.25) is 9.59 Å². The summed E-state index contributed by atoms with van der Waals surface area (Å²) in [4.78, 5) is 26.1. The van der Waals surface area contributed by atoms with Gasteiger partial charge in [0.2, 0.25) is 0 Å². The van der Waals surface area contributed by atoms with Crippen LogP contribution in [0, 0.1) is 13.8 Å². The molecule has 0 unspecified atom stereocenters. The Hall–Kier alpha value is -2.86. The van der Waals surface area contributed by atoms with Gasteiger partial charge in [0, 0.05) is 22.3 Å². The minimum atomic E-state index is -0.339. The molecular formula is C23H26N2O3S. The highest BCUT2D eigenvalue weighted by Gasteiger charge is 2.21. The smallest absolute Gasteiger partial charge is 0.307 e. The van der Waals surface area contributed by atoms with Crippen LogP contribution in [0.15, 0.2) is 53.9 Å². The largest absolute Gasteiger partial charge is 0.469 e. The van der Waals surface area contributed by atoms with Crippen LogP contribution in [-0.2, 0) is 22.5 Å². The van der Waals surface area contributed by atoms with E-state index < -0.39 is 0 Å². The Balaban J connectivity index is 1.77. The number of aryl methyl sites for hydroxylation is 1. The summed E-state index contributed by atoms with van der Waals surface area (Å²) in [5, 5.41) is 5.09. The molecule has 1 amide bonds. The average molecular weight is 411 g/mol. The van der Waals surface area contributed by atoms with Crippen LogP contribution < -0.4 is 5.32 Å². The van der Waals surface area contributed by atoms with Crippen LogP contribution in [-0.4, -0.2) is 29.6 Å². The molecule has 1 aromatic carbocycles. The number of hydrogen-bond acceptors (Lipinski definition) is 4. The monoisotopic (exact) mass is 410 g/mol. The molecule has 5 nitrogen and oxygen atoms in total. The zero-order valence-electron chi connectivity index (χ0n) is 17.0. The van der Waals surface area contributed by atoms with Gasteiger partial charge in [-0.1, -0.05) is 36.4 Å². The fourth-order valence-electron chi connectivity index (χ4n) is 3.45. The van der Waals surface area contributed by atoms with E-state index in [0.717, 1.165) is 23.5 Å². The van der Waals surface area contributed by atoms with Crippen molar-refractivity contribution in [2.24, 2.45) is 0 Å². The molecule has 0 spiro atoms. The quantitative estimate of drug-likeness (QED) is 0.568. The summed E-state index contributed by atoms with van der Waals surface area (Å²) < 4.78 is 6.96. The summed E-state index contributed by atoms with van der Waals surface area (Å²) in [6.07, 6.45) is 0.695. The summed E-state index contributed by atoms with van der Waals surface area (Å²) in [6, 6.07) is 15.5. The highest BCUT2D eigenvalue weighted by atomic mass is 32.1. The van der Waals surface area contributed by atoms with Crippen molar-refractivity contribution in [1.82, 2.24) is 9.88 Å². The Morgan fingerprint density at radius 2 is 1.90 bits per heavy atom. The summed E-state index contributed by atoms with van der Waals surface area (Å²) in [7, 11) is 1.36. The fraction of sp³-hybridized carbons (Fsp3) is 0.304. The van der Waals surface area contributed by atoms with Crippen molar-refractivity contribution >= 4 is 23.2 Å². The molecule has 0 fully saturated rings. The zero-order chi connectivity index (χ0) is 20.8. The van der Waals surface area contributed by atoms with Crippen LogP contribution in [0.2, 0.25) is 0 Å². The number of nitrogens with one attached hydrogen (secondary N) is 1. The van der Waals surface area contributed by atoms with E-state index in [2.05, 4.69) is 21.3 Å². The first-order chi connectivity index (χ1) is 14.0. The number of carbonyl (C=O) groups is 2. The Morgan fingerprint density at radius 3 is 2.55 bits per heavy atom. The van der Waals surface area contributed by atoms with Gasteiger partial charge in [-0.15, -0.1) is 11.3 Å². The second-order valence-corrected chi connectivity index (χ2v) is 8.12. The number of amides is 1. The fourth-order valence-corrected chi connectivity index (χ4v) is 4.15. The van der Waals surface area contributed by atoms with Gasteiger partial charge in [0.25, 0.3) is 5.91 Å². The Morgan fingerprint density at radius 1 is 1.14 bits per heavy atom. The minimum Gasteiger partial charge on any atom is -0.469 e. The molecule has 2 aromatic heterocycles. The van der Waals surface area contributed by atoms with E-state index >= 15 is 0 Å². The Kier molecular flexibility index (Phi) is 6.88. The first-order valence-electron chi connectivity index (χ1n) is 9.58. The maximum absolute atomic E-state index is 13.0. The lowest BCUT2D eigenvalue weighted by Crippen LogP contribution is -2.38. The van der Waals surface area contributed by atoms with Crippen LogP contribution in [0.3, 0.4) is 0 Å². The van der Waals surface area contributed by atoms with E-state index in [-0.39, 0.29) is 24.3 Å². The van der Waals surface area contributed by atoms with E-state index in [1.807, 2.05) is 56.3 Å². The van der Waals surface area contributed by atoms with Crippen LogP contribution >= 0.6 is 11.3 Å². The number of thiophene rings is 1. The van der Waals surface area contributed by atoms with Gasteiger partial charge < -0.3 is 14.6 Å². The molecule has 0 aliphatic heterocycles. The number of esters is 1. The first kappa shape index (κ1) is 20.9. The minimum absolute atomic E-state index is 0.130. The molecular weight excluding hydrogens is 384 g/mol. The Bertz CT molecular complexity index is 962. The van der Waals surface area contributed by atoms with Gasteiger partial charge in [0.05, 0.1) is 25.6 Å². The number of rotatable bonds is 8. The highest BCUT2D eigenvalue weighted by molar-refractivity contribution is 7.09. The predicted molar refractivity (Wildman–Crippen MR) is 115 cm³/mol. The molecule has 29 heavy (non-hydrogen) atoms. The standard InChI is InChI=1S/C23H26N2O3S/c1-16-12-21(17(2)25(16)15-20-10-7-11-29-20)23(27)24-19(14-22(26)28-3)13-18-8-5-4-6-9-18/h4-12,19H,13-15H2,1-3H3,(H,24,27)/t19-/m0/s1. The van der Waals surface area contributed by atoms with E-state index in [1.165, 1.54) is 12.0 Å². The molecule has 1 atom stereocenters. The number of carbonyl (C=O) groups excluding carboxylic acids is 2. The van der Waals surface area contributed by atoms with Gasteiger partial charge in [-0.2, -0.15) is 0 Å². The lowest BCUT2D eigenvalue weighted by molar-refractivity contribution is -0.141. The molecule has 0 saturated carbocycles. The van der Waals surface area contributed by atoms with E-state index in [4.69, 9.17) is 4.74 Å². The maximum Gasteiger partial charge on any atom is 0.307 e. The molecule has 152 valence electrons. The lowest BCUT2D eigenvalue weighted by atomic mass is 10.0. The van der Waals surface area contributed by atoms with Crippen LogP contribution in [0.25, 0.3) is 0 Å². The van der Waals surface area contributed by atoms with Crippen molar-refractivity contribution in [1.29, 1.82) is 0 Å². The second kappa shape index (κ2) is 9.56. The number of aromatic nitrogens is 1. The van der Waals surface area contributed by atoms with Gasteiger partial charge >= 0.3 is 5.97 Å². The third kappa shape index (κ3) is 5.35. The van der Waals surface area contributed by atoms with Crippen molar-refractivity contribution in [2.45, 2.75) is 39.3 Å². The van der Waals surface area contributed by atoms with Crippen LogP contribution in [0.4, 0.5) is 0 Å². The molecule has 2 heterocycles. The van der Waals surface area contributed by atoms with Crippen molar-refractivity contribution in [3.05, 3.63) is 81.3 Å². The van der Waals surface area contributed by atoms with Crippen molar-refractivity contribution in [3.8, 4) is 0 Å². The molecule has 0 bridgehead atoms. The topological polar surface area (TPSA) is 60.3 Å². The van der Waals surface area contributed by atoms with Crippen LogP contribution in [0.5, 0.6) is 0 Å². The molecule has 1 N–H and O–H groups in total. The molecule has 0 saturated heterocycles. The number of methoxy groups -OCH3 is 1. The normalized spacial score (nSPS) is 11.8. The summed E-state index contributed by atoms with van der Waals surface area (Å²) in [5.41, 5.74) is 3.66. The first-order valence-corrected chi connectivity index (χ1v) is 10.5. The van der Waals surface area contributed by atoms with Gasteiger partial charge in [0.1, 0.15) is 0 Å². The second-order valence-electron chi connectivity index (χ2n) is 7.09. The number of ether oxygens (including phenoxy) is 1. The number of nitrogens with zero attached hydrogens (tertiary/aromatic N) is 1. The van der Waals surface area contributed by atoms with Gasteiger partial charge in [-0.25, -0.2) is 0 Å². The van der Waals surface area contributed by atoms with E-state index in [1.54, 1.807) is 11.3 Å². The third-order valence-electron chi connectivity index (χ3n) is 5.01. The average Bonchev–Trinajstić information content (AvgIpc) is 3.32. The Labute approximate surface area is 175 Å². The molecule has 3 aromatic rings. The molecule has 3 rings (SSSR count). The SMILES string of the molecule is COC(=O)C[C@H](Cc1ccccc1)NC(=O)c1cc(C)n(Cc2cccs2)c1C. The highest BCUT2D eigenvalue weighted by Crippen LogP contribution is 2.20. The summed E-state index contributed by atoms with van der Waals surface area (Å²) in [5.74, 6) is -0.505. The maximum atomic E-state index is 13.0. The van der Waals surface area contributed by atoms with Gasteiger partial charge in [-0.05, 0) is 43.3 Å². The van der Waals surface area contributed by atoms with Crippen molar-refractivity contribution in [2.75, 3.05) is 7.11 Å². The van der Waals surface area contributed by atoms with E-state index in [9.17, 15) is 9.59 Å². The number of hydrogen-bond donors (Lipinski definition) is 1. The third-order valence-corrected chi connectivity index (χ3v) is 5.87. The molecule has 0 aliphatic rings. The zero-order valence-corrected chi connectivity index (χ0v) is 17.8. The van der Waals surface area contributed by atoms with Crippen LogP contribution in [0.1, 0.15) is 38.6 Å². The van der Waals surface area contributed by atoms with Crippen molar-refractivity contribution in [3.63, 3.8) is 0 Å². The number of benzene rings is 1.